The van der Waals surface area contributed by atoms with E-state index in [1.807, 2.05) is 0 Å². The van der Waals surface area contributed by atoms with Crippen LogP contribution in [-0.4, -0.2) is 24.5 Å². The number of esters is 1. The Balaban J connectivity index is 1.87. The van der Waals surface area contributed by atoms with Crippen LogP contribution in [0.5, 0.6) is 0 Å². The monoisotopic (exact) mass is 391 g/mol. The van der Waals surface area contributed by atoms with Gasteiger partial charge in [-0.05, 0) is 25.0 Å². The zero-order valence-corrected chi connectivity index (χ0v) is 15.5. The van der Waals surface area contributed by atoms with E-state index in [9.17, 15) is 9.59 Å². The lowest BCUT2D eigenvalue weighted by atomic mass is 9.97. The van der Waals surface area contributed by atoms with Crippen molar-refractivity contribution in [2.24, 2.45) is 0 Å². The highest BCUT2D eigenvalue weighted by Crippen LogP contribution is 2.31. The first-order valence-electron chi connectivity index (χ1n) is 8.09. The van der Waals surface area contributed by atoms with Gasteiger partial charge in [-0.2, -0.15) is 0 Å². The van der Waals surface area contributed by atoms with Gasteiger partial charge in [0.05, 0.1) is 20.6 Å². The Morgan fingerprint density at radius 1 is 1.00 bits per heavy atom. The zero-order chi connectivity index (χ0) is 17.5. The summed E-state index contributed by atoms with van der Waals surface area (Å²) in [6.07, 6.45) is 7.81. The maximum Gasteiger partial charge on any atom is 0.341 e. The number of hydrogen-bond acceptors (Lipinski definition) is 3. The Hall–Kier alpha value is -0.970. The molecule has 24 heavy (non-hydrogen) atoms. The topological polar surface area (TPSA) is 55.4 Å². The third-order valence-corrected chi connectivity index (χ3v) is 5.17. The quantitative estimate of drug-likeness (QED) is 0.577. The largest absolute Gasteiger partial charge is 0.452 e. The Labute approximate surface area is 156 Å². The minimum atomic E-state index is -0.764. The molecule has 1 aliphatic carbocycles. The molecule has 1 fully saturated rings. The van der Waals surface area contributed by atoms with Gasteiger partial charge in [0.1, 0.15) is 0 Å². The molecular formula is C17H20Cl3NO3. The number of hydrogen-bond donors (Lipinski definition) is 1. The number of halogens is 3. The van der Waals surface area contributed by atoms with Crippen LogP contribution in [0.25, 0.3) is 0 Å². The van der Waals surface area contributed by atoms with Crippen LogP contribution >= 0.6 is 34.8 Å². The fourth-order valence-corrected chi connectivity index (χ4v) is 3.47. The molecular weight excluding hydrogens is 373 g/mol. The molecule has 132 valence electrons. The first kappa shape index (κ1) is 19.4. The number of carbonyl (C=O) groups is 2. The van der Waals surface area contributed by atoms with Gasteiger partial charge in [-0.3, -0.25) is 4.79 Å². The molecule has 0 saturated heterocycles. The Bertz CT molecular complexity index is 599. The van der Waals surface area contributed by atoms with Crippen molar-refractivity contribution in [3.8, 4) is 0 Å². The molecule has 4 nitrogen and oxygen atoms in total. The molecule has 0 aromatic heterocycles. The maximum absolute atomic E-state index is 12.1. The predicted octanol–water partition coefficient (Wildman–Crippen LogP) is 5.03. The van der Waals surface area contributed by atoms with Crippen molar-refractivity contribution in [1.82, 2.24) is 5.32 Å². The highest BCUT2D eigenvalue weighted by atomic mass is 35.5. The lowest BCUT2D eigenvalue weighted by molar-refractivity contribution is -0.125. The van der Waals surface area contributed by atoms with Crippen LogP contribution in [-0.2, 0) is 9.53 Å². The Kier molecular flexibility index (Phi) is 7.66. The fraction of sp³-hybridized carbons (Fsp3) is 0.529. The minimum absolute atomic E-state index is 0.0228. The molecule has 0 radical (unpaired) electrons. The summed E-state index contributed by atoms with van der Waals surface area (Å²) in [6.45, 7) is -0.367. The standard InChI is InChI=1S/C17H20Cl3NO3/c18-12-8-9-13(19)16(20)15(12)17(23)24-10-14(22)21-11-6-4-2-1-3-5-7-11/h8-9,11H,1-7,10H2,(H,21,22). The van der Waals surface area contributed by atoms with Crippen molar-refractivity contribution in [1.29, 1.82) is 0 Å². The summed E-state index contributed by atoms with van der Waals surface area (Å²) in [6, 6.07) is 3.10. The average molecular weight is 393 g/mol. The van der Waals surface area contributed by atoms with Gasteiger partial charge in [-0.25, -0.2) is 4.79 Å². The maximum atomic E-state index is 12.1. The summed E-state index contributed by atoms with van der Waals surface area (Å²) in [5.74, 6) is -1.08. The normalized spacial score (nSPS) is 16.1. The lowest BCUT2D eigenvalue weighted by Gasteiger charge is -2.21. The van der Waals surface area contributed by atoms with Crippen LogP contribution in [0, 0.1) is 0 Å². The van der Waals surface area contributed by atoms with Crippen LogP contribution in [0.15, 0.2) is 12.1 Å². The van der Waals surface area contributed by atoms with Crippen molar-refractivity contribution < 1.29 is 14.3 Å². The predicted molar refractivity (Wildman–Crippen MR) is 96.0 cm³/mol. The summed E-state index contributed by atoms with van der Waals surface area (Å²) in [5.41, 5.74) is -0.0235. The molecule has 1 N–H and O–H groups in total. The minimum Gasteiger partial charge on any atom is -0.452 e. The summed E-state index contributed by atoms with van der Waals surface area (Å²) in [4.78, 5) is 24.1. The lowest BCUT2D eigenvalue weighted by Crippen LogP contribution is -2.38. The Morgan fingerprint density at radius 2 is 1.58 bits per heavy atom. The highest BCUT2D eigenvalue weighted by molar-refractivity contribution is 6.46. The van der Waals surface area contributed by atoms with E-state index in [4.69, 9.17) is 39.5 Å². The number of carbonyl (C=O) groups excluding carboxylic acids is 2. The summed E-state index contributed by atoms with van der Waals surface area (Å²) < 4.78 is 5.03. The molecule has 0 bridgehead atoms. The van der Waals surface area contributed by atoms with E-state index >= 15 is 0 Å². The smallest absolute Gasteiger partial charge is 0.341 e. The second-order valence-corrected chi connectivity index (χ2v) is 7.10. The molecule has 1 amide bonds. The summed E-state index contributed by atoms with van der Waals surface area (Å²) in [5, 5.41) is 3.28. The Morgan fingerprint density at radius 3 is 2.25 bits per heavy atom. The number of nitrogens with one attached hydrogen (secondary N) is 1. The molecule has 1 aromatic rings. The van der Waals surface area contributed by atoms with Gasteiger partial charge in [-0.1, -0.05) is 66.9 Å². The van der Waals surface area contributed by atoms with E-state index in [1.165, 1.54) is 31.4 Å². The van der Waals surface area contributed by atoms with Crippen molar-refractivity contribution in [2.75, 3.05) is 6.61 Å². The van der Waals surface area contributed by atoms with Crippen LogP contribution in [0.1, 0.15) is 55.3 Å². The third kappa shape index (κ3) is 5.54. The molecule has 1 aliphatic rings. The van der Waals surface area contributed by atoms with Gasteiger partial charge in [0.25, 0.3) is 5.91 Å². The number of rotatable bonds is 4. The highest BCUT2D eigenvalue weighted by Gasteiger charge is 2.20. The zero-order valence-electron chi connectivity index (χ0n) is 13.2. The average Bonchev–Trinajstić information content (AvgIpc) is 2.52. The van der Waals surface area contributed by atoms with Crippen molar-refractivity contribution >= 4 is 46.7 Å². The van der Waals surface area contributed by atoms with Crippen LogP contribution in [0.4, 0.5) is 0 Å². The van der Waals surface area contributed by atoms with E-state index in [0.717, 1.165) is 25.7 Å². The number of benzene rings is 1. The first-order chi connectivity index (χ1) is 11.5. The molecule has 0 spiro atoms. The van der Waals surface area contributed by atoms with Crippen LogP contribution in [0.2, 0.25) is 15.1 Å². The molecule has 2 rings (SSSR count). The number of ether oxygens (including phenoxy) is 1. The molecule has 0 unspecified atom stereocenters. The molecule has 0 heterocycles. The van der Waals surface area contributed by atoms with E-state index in [-0.39, 0.29) is 39.2 Å². The van der Waals surface area contributed by atoms with E-state index in [2.05, 4.69) is 5.32 Å². The van der Waals surface area contributed by atoms with E-state index in [0.29, 0.717) is 0 Å². The second-order valence-electron chi connectivity index (χ2n) is 5.90. The van der Waals surface area contributed by atoms with Crippen molar-refractivity contribution in [3.63, 3.8) is 0 Å². The molecule has 0 atom stereocenters. The van der Waals surface area contributed by atoms with Gasteiger partial charge < -0.3 is 10.1 Å². The molecule has 0 aliphatic heterocycles. The first-order valence-corrected chi connectivity index (χ1v) is 9.22. The fourth-order valence-electron chi connectivity index (χ4n) is 2.79. The van der Waals surface area contributed by atoms with Gasteiger partial charge in [0.2, 0.25) is 0 Å². The van der Waals surface area contributed by atoms with Gasteiger partial charge >= 0.3 is 5.97 Å². The van der Waals surface area contributed by atoms with Gasteiger partial charge in [0.15, 0.2) is 6.61 Å². The van der Waals surface area contributed by atoms with Crippen LogP contribution in [0.3, 0.4) is 0 Å². The van der Waals surface area contributed by atoms with Crippen molar-refractivity contribution in [3.05, 3.63) is 32.8 Å². The molecule has 1 saturated carbocycles. The third-order valence-electron chi connectivity index (χ3n) is 4.05. The SMILES string of the molecule is O=C(COC(=O)c1c(Cl)ccc(Cl)c1Cl)NC1CCCCCCC1. The number of amides is 1. The molecule has 1 aromatic carbocycles. The van der Waals surface area contributed by atoms with E-state index in [1.54, 1.807) is 0 Å². The van der Waals surface area contributed by atoms with Gasteiger partial charge in [0, 0.05) is 6.04 Å². The second kappa shape index (κ2) is 9.50. The van der Waals surface area contributed by atoms with Gasteiger partial charge in [-0.15, -0.1) is 0 Å². The summed E-state index contributed by atoms with van der Waals surface area (Å²) >= 11 is 17.8. The molecule has 7 heteroatoms. The summed E-state index contributed by atoms with van der Waals surface area (Å²) in [7, 11) is 0. The van der Waals surface area contributed by atoms with E-state index < -0.39 is 5.97 Å². The van der Waals surface area contributed by atoms with Crippen molar-refractivity contribution in [2.45, 2.75) is 51.0 Å². The van der Waals surface area contributed by atoms with Crippen LogP contribution < -0.4 is 5.32 Å².